The second kappa shape index (κ2) is 11.3. The van der Waals surface area contributed by atoms with Crippen molar-refractivity contribution in [1.82, 2.24) is 4.72 Å². The minimum Gasteiger partial charge on any atom is -0.454 e. The van der Waals surface area contributed by atoms with Crippen LogP contribution in [-0.4, -0.2) is 59.2 Å². The molecular weight excluding hydrogens is 446 g/mol. The van der Waals surface area contributed by atoms with Crippen LogP contribution in [0.25, 0.3) is 0 Å². The minimum absolute atomic E-state index is 0.0433. The quantitative estimate of drug-likeness (QED) is 0.533. The van der Waals surface area contributed by atoms with Gasteiger partial charge in [-0.1, -0.05) is 32.0 Å². The predicted molar refractivity (Wildman–Crippen MR) is 124 cm³/mol. The van der Waals surface area contributed by atoms with E-state index in [1.54, 1.807) is 44.2 Å². The zero-order valence-electron chi connectivity index (χ0n) is 18.7. The van der Waals surface area contributed by atoms with Crippen molar-refractivity contribution in [2.75, 3.05) is 43.1 Å². The molecule has 0 saturated carbocycles. The first-order valence-electron chi connectivity index (χ1n) is 10.7. The van der Waals surface area contributed by atoms with Crippen LogP contribution in [-0.2, 0) is 29.1 Å². The van der Waals surface area contributed by atoms with Crippen molar-refractivity contribution in [3.05, 3.63) is 54.6 Å². The maximum absolute atomic E-state index is 12.6. The highest BCUT2D eigenvalue weighted by molar-refractivity contribution is 7.89. The molecule has 2 N–H and O–H groups in total. The summed E-state index contributed by atoms with van der Waals surface area (Å²) in [5, 5.41) is 2.67. The molecule has 1 fully saturated rings. The summed E-state index contributed by atoms with van der Waals surface area (Å²) in [7, 11) is -3.91. The molecule has 1 heterocycles. The van der Waals surface area contributed by atoms with Crippen molar-refractivity contribution in [1.29, 1.82) is 0 Å². The molecule has 1 atom stereocenters. The highest BCUT2D eigenvalue weighted by Crippen LogP contribution is 2.19. The van der Waals surface area contributed by atoms with Gasteiger partial charge in [-0.25, -0.2) is 8.42 Å². The molecule has 0 aromatic heterocycles. The van der Waals surface area contributed by atoms with Crippen molar-refractivity contribution in [3.63, 3.8) is 0 Å². The lowest BCUT2D eigenvalue weighted by Crippen LogP contribution is -2.45. The van der Waals surface area contributed by atoms with Gasteiger partial charge in [0.25, 0.3) is 5.91 Å². The summed E-state index contributed by atoms with van der Waals surface area (Å²) < 4.78 is 37.9. The second-order valence-corrected chi connectivity index (χ2v) is 9.67. The van der Waals surface area contributed by atoms with E-state index in [-0.39, 0.29) is 10.8 Å². The molecule has 1 aliphatic heterocycles. The van der Waals surface area contributed by atoms with Crippen LogP contribution >= 0.6 is 0 Å². The first-order chi connectivity index (χ1) is 15.8. The summed E-state index contributed by atoms with van der Waals surface area (Å²) in [6.07, 6.45) is 0. The Hall–Kier alpha value is -2.95. The number of ether oxygens (including phenoxy) is 2. The van der Waals surface area contributed by atoms with Crippen molar-refractivity contribution in [3.8, 4) is 0 Å². The maximum Gasteiger partial charge on any atom is 0.324 e. The van der Waals surface area contributed by atoms with Gasteiger partial charge in [0.15, 0.2) is 6.61 Å². The lowest BCUT2D eigenvalue weighted by Gasteiger charge is -2.28. The third-order valence-corrected chi connectivity index (χ3v) is 6.59. The Balaban J connectivity index is 1.53. The average Bonchev–Trinajstić information content (AvgIpc) is 2.82. The molecular formula is C23H29N3O6S. The fourth-order valence-corrected chi connectivity index (χ4v) is 4.65. The number of esters is 1. The minimum atomic E-state index is -3.91. The number of nitrogens with zero attached hydrogens (tertiary/aromatic N) is 1. The van der Waals surface area contributed by atoms with Gasteiger partial charge in [-0.05, 0) is 42.3 Å². The predicted octanol–water partition coefficient (Wildman–Crippen LogP) is 2.01. The number of hydrogen-bond acceptors (Lipinski definition) is 7. The van der Waals surface area contributed by atoms with Gasteiger partial charge in [-0.2, -0.15) is 4.72 Å². The van der Waals surface area contributed by atoms with Crippen LogP contribution in [0.1, 0.15) is 13.8 Å². The van der Waals surface area contributed by atoms with Crippen LogP contribution in [0.5, 0.6) is 0 Å². The number of anilines is 2. The standard InChI is InChI=1S/C23H29N3O6S/c1-17(2)22(25-33(29,30)20-6-4-3-5-7-20)23(28)32-16-21(27)24-18-8-10-19(11-9-18)26-12-14-31-15-13-26/h3-11,17,22,25H,12-16H2,1-2H3,(H,24,27)/t22-/m0/s1. The fraction of sp³-hybridized carbons (Fsp3) is 0.391. The van der Waals surface area contributed by atoms with Gasteiger partial charge in [0.1, 0.15) is 6.04 Å². The molecule has 2 aromatic rings. The zero-order chi connectivity index (χ0) is 23.8. The van der Waals surface area contributed by atoms with Crippen molar-refractivity contribution in [2.45, 2.75) is 24.8 Å². The van der Waals surface area contributed by atoms with Crippen LogP contribution in [0.3, 0.4) is 0 Å². The van der Waals surface area contributed by atoms with E-state index < -0.39 is 34.5 Å². The first kappa shape index (κ1) is 24.7. The SMILES string of the molecule is CC(C)[C@H](NS(=O)(=O)c1ccccc1)C(=O)OCC(=O)Nc1ccc(N2CCOCC2)cc1. The molecule has 33 heavy (non-hydrogen) atoms. The largest absolute Gasteiger partial charge is 0.454 e. The molecule has 0 radical (unpaired) electrons. The number of nitrogens with one attached hydrogen (secondary N) is 2. The molecule has 1 aliphatic rings. The summed E-state index contributed by atoms with van der Waals surface area (Å²) >= 11 is 0. The van der Waals surface area contributed by atoms with Crippen LogP contribution in [0, 0.1) is 5.92 Å². The molecule has 3 rings (SSSR count). The smallest absolute Gasteiger partial charge is 0.324 e. The van der Waals surface area contributed by atoms with Gasteiger partial charge < -0.3 is 19.7 Å². The molecule has 1 amide bonds. The van der Waals surface area contributed by atoms with E-state index in [1.165, 1.54) is 12.1 Å². The first-order valence-corrected chi connectivity index (χ1v) is 12.2. The summed E-state index contributed by atoms with van der Waals surface area (Å²) in [6, 6.07) is 14.0. The Morgan fingerprint density at radius 1 is 1.03 bits per heavy atom. The molecule has 0 spiro atoms. The molecule has 9 nitrogen and oxygen atoms in total. The van der Waals surface area contributed by atoms with Gasteiger partial charge in [0.2, 0.25) is 10.0 Å². The molecule has 0 aliphatic carbocycles. The van der Waals surface area contributed by atoms with E-state index in [0.29, 0.717) is 18.9 Å². The Kier molecular flexibility index (Phi) is 8.43. The number of sulfonamides is 1. The normalized spacial score (nSPS) is 15.2. The summed E-state index contributed by atoms with van der Waals surface area (Å²) in [6.45, 7) is 5.84. The molecule has 0 bridgehead atoms. The Morgan fingerprint density at radius 2 is 1.67 bits per heavy atom. The Labute approximate surface area is 194 Å². The van der Waals surface area contributed by atoms with E-state index in [2.05, 4.69) is 14.9 Å². The van der Waals surface area contributed by atoms with E-state index >= 15 is 0 Å². The van der Waals surface area contributed by atoms with Crippen LogP contribution < -0.4 is 14.9 Å². The second-order valence-electron chi connectivity index (χ2n) is 7.96. The summed E-state index contributed by atoms with van der Waals surface area (Å²) in [4.78, 5) is 27.0. The number of hydrogen-bond donors (Lipinski definition) is 2. The van der Waals surface area contributed by atoms with Crippen LogP contribution in [0.15, 0.2) is 59.5 Å². The highest BCUT2D eigenvalue weighted by Gasteiger charge is 2.30. The van der Waals surface area contributed by atoms with E-state index in [0.717, 1.165) is 18.8 Å². The van der Waals surface area contributed by atoms with Crippen LogP contribution in [0.2, 0.25) is 0 Å². The van der Waals surface area contributed by atoms with Crippen molar-refractivity contribution in [2.24, 2.45) is 5.92 Å². The van der Waals surface area contributed by atoms with Gasteiger partial charge in [0.05, 0.1) is 18.1 Å². The average molecular weight is 476 g/mol. The number of amides is 1. The van der Waals surface area contributed by atoms with Gasteiger partial charge in [-0.3, -0.25) is 9.59 Å². The van der Waals surface area contributed by atoms with Crippen molar-refractivity contribution < 1.29 is 27.5 Å². The lowest BCUT2D eigenvalue weighted by atomic mass is 10.1. The Morgan fingerprint density at radius 3 is 2.27 bits per heavy atom. The van der Waals surface area contributed by atoms with Gasteiger partial charge in [0, 0.05) is 24.5 Å². The van der Waals surface area contributed by atoms with E-state index in [9.17, 15) is 18.0 Å². The number of morpholine rings is 1. The third-order valence-electron chi connectivity index (χ3n) is 5.13. The topological polar surface area (TPSA) is 114 Å². The molecule has 1 saturated heterocycles. The van der Waals surface area contributed by atoms with Crippen molar-refractivity contribution >= 4 is 33.3 Å². The Bertz CT molecular complexity index is 1040. The lowest BCUT2D eigenvalue weighted by molar-refractivity contribution is -0.150. The third kappa shape index (κ3) is 7.01. The monoisotopic (exact) mass is 475 g/mol. The molecule has 0 unspecified atom stereocenters. The fourth-order valence-electron chi connectivity index (χ4n) is 3.29. The maximum atomic E-state index is 12.6. The van der Waals surface area contributed by atoms with Gasteiger partial charge in [-0.15, -0.1) is 0 Å². The number of rotatable bonds is 9. The summed E-state index contributed by atoms with van der Waals surface area (Å²) in [5.74, 6) is -1.72. The number of benzene rings is 2. The summed E-state index contributed by atoms with van der Waals surface area (Å²) in [5.41, 5.74) is 1.60. The zero-order valence-corrected chi connectivity index (χ0v) is 19.5. The molecule has 178 valence electrons. The van der Waals surface area contributed by atoms with Gasteiger partial charge >= 0.3 is 5.97 Å². The van der Waals surface area contributed by atoms with Crippen LogP contribution in [0.4, 0.5) is 11.4 Å². The molecule has 2 aromatic carbocycles. The van der Waals surface area contributed by atoms with E-state index in [4.69, 9.17) is 9.47 Å². The highest BCUT2D eigenvalue weighted by atomic mass is 32.2. The molecule has 10 heteroatoms. The number of carbonyl (C=O) groups excluding carboxylic acids is 2. The number of carbonyl (C=O) groups is 2. The van der Waals surface area contributed by atoms with E-state index in [1.807, 2.05) is 12.1 Å².